The molecule has 20 heavy (non-hydrogen) atoms. The number of para-hydroxylation sites is 1. The summed E-state index contributed by atoms with van der Waals surface area (Å²) in [6.45, 7) is 7.45. The van der Waals surface area contributed by atoms with Gasteiger partial charge in [-0.05, 0) is 38.2 Å². The van der Waals surface area contributed by atoms with E-state index < -0.39 is 11.7 Å². The van der Waals surface area contributed by atoms with Crippen LogP contribution in [0, 0.1) is 0 Å². The highest BCUT2D eigenvalue weighted by Crippen LogP contribution is 2.41. The highest BCUT2D eigenvalue weighted by atomic mass is 16.5. The fraction of sp³-hybridized carbons (Fsp3) is 0.647. The van der Waals surface area contributed by atoms with Crippen molar-refractivity contribution in [1.29, 1.82) is 0 Å². The van der Waals surface area contributed by atoms with Crippen molar-refractivity contribution in [2.24, 2.45) is 0 Å². The third-order valence-electron chi connectivity index (χ3n) is 4.39. The largest absolute Gasteiger partial charge is 0.493 e. The van der Waals surface area contributed by atoms with Crippen LogP contribution in [0.5, 0.6) is 5.75 Å². The van der Waals surface area contributed by atoms with Crippen LogP contribution in [0.3, 0.4) is 0 Å². The van der Waals surface area contributed by atoms with Gasteiger partial charge in [-0.25, -0.2) is 0 Å². The Bertz CT molecular complexity index is 438. The molecule has 0 amide bonds. The first-order chi connectivity index (χ1) is 9.68. The zero-order chi connectivity index (χ0) is 14.6. The lowest BCUT2D eigenvalue weighted by molar-refractivity contribution is -0.128. The maximum atomic E-state index is 10.9. The van der Waals surface area contributed by atoms with Crippen LogP contribution in [-0.2, 0) is 11.2 Å². The average molecular weight is 278 g/mol. The van der Waals surface area contributed by atoms with Gasteiger partial charge < -0.3 is 14.6 Å². The third-order valence-corrected chi connectivity index (χ3v) is 4.39. The van der Waals surface area contributed by atoms with Gasteiger partial charge in [-0.15, -0.1) is 0 Å². The Kier molecular flexibility index (Phi) is 5.06. The van der Waals surface area contributed by atoms with Crippen molar-refractivity contribution in [2.45, 2.75) is 58.2 Å². The third kappa shape index (κ3) is 2.70. The van der Waals surface area contributed by atoms with Crippen LogP contribution in [0.4, 0.5) is 0 Å². The molecule has 1 aromatic carbocycles. The Labute approximate surface area is 121 Å². The summed E-state index contributed by atoms with van der Waals surface area (Å²) < 4.78 is 11.8. The standard InChI is InChI=1S/C17H26O3/c1-4-17(5-2,20-6-3)16(18)14-11-7-9-13-10-8-12-19-15(13)14/h7,9,11,16,18H,4-6,8,10,12H2,1-3H3. The van der Waals surface area contributed by atoms with Gasteiger partial charge in [0.1, 0.15) is 11.9 Å². The lowest BCUT2D eigenvalue weighted by Crippen LogP contribution is -2.38. The SMILES string of the molecule is CCOC(CC)(CC)C(O)c1cccc2c1OCCC2. The zero-order valence-corrected chi connectivity index (χ0v) is 12.8. The molecule has 0 fully saturated rings. The van der Waals surface area contributed by atoms with Crippen LogP contribution in [0.25, 0.3) is 0 Å². The van der Waals surface area contributed by atoms with Crippen LogP contribution in [0.1, 0.15) is 57.3 Å². The number of benzene rings is 1. The zero-order valence-electron chi connectivity index (χ0n) is 12.8. The topological polar surface area (TPSA) is 38.7 Å². The van der Waals surface area contributed by atoms with Crippen molar-refractivity contribution in [1.82, 2.24) is 0 Å². The molecule has 3 heteroatoms. The monoisotopic (exact) mass is 278 g/mol. The van der Waals surface area contributed by atoms with Crippen LogP contribution in [0.2, 0.25) is 0 Å². The van der Waals surface area contributed by atoms with Crippen LogP contribution in [0.15, 0.2) is 18.2 Å². The Balaban J connectivity index is 2.39. The number of rotatable bonds is 6. The molecule has 0 aliphatic carbocycles. The van der Waals surface area contributed by atoms with Crippen molar-refractivity contribution in [3.8, 4) is 5.75 Å². The fourth-order valence-corrected chi connectivity index (χ4v) is 3.12. The van der Waals surface area contributed by atoms with Crippen molar-refractivity contribution in [3.63, 3.8) is 0 Å². The number of ether oxygens (including phenoxy) is 2. The minimum Gasteiger partial charge on any atom is -0.493 e. The van der Waals surface area contributed by atoms with E-state index >= 15 is 0 Å². The molecule has 1 aliphatic rings. The van der Waals surface area contributed by atoms with Crippen molar-refractivity contribution >= 4 is 0 Å². The number of aryl methyl sites for hydroxylation is 1. The summed E-state index contributed by atoms with van der Waals surface area (Å²) in [5.74, 6) is 0.872. The van der Waals surface area contributed by atoms with E-state index in [2.05, 4.69) is 19.9 Å². The van der Waals surface area contributed by atoms with Crippen molar-refractivity contribution in [3.05, 3.63) is 29.3 Å². The lowest BCUT2D eigenvalue weighted by atomic mass is 9.84. The average Bonchev–Trinajstić information content (AvgIpc) is 2.51. The Morgan fingerprint density at radius 3 is 2.70 bits per heavy atom. The van der Waals surface area contributed by atoms with Gasteiger partial charge in [0.25, 0.3) is 0 Å². The molecule has 1 N–H and O–H groups in total. The fourth-order valence-electron chi connectivity index (χ4n) is 3.12. The number of aliphatic hydroxyl groups is 1. The quantitative estimate of drug-likeness (QED) is 0.863. The second kappa shape index (κ2) is 6.59. The molecule has 1 aromatic rings. The maximum absolute atomic E-state index is 10.9. The van der Waals surface area contributed by atoms with Gasteiger partial charge in [-0.1, -0.05) is 32.0 Å². The van der Waals surface area contributed by atoms with E-state index in [9.17, 15) is 5.11 Å². The second-order valence-corrected chi connectivity index (χ2v) is 5.39. The molecule has 2 rings (SSSR count). The predicted octanol–water partition coefficient (Wildman–Crippen LogP) is 3.64. The highest BCUT2D eigenvalue weighted by Gasteiger charge is 2.38. The first-order valence-corrected chi connectivity index (χ1v) is 7.75. The van der Waals surface area contributed by atoms with Crippen LogP contribution >= 0.6 is 0 Å². The first-order valence-electron chi connectivity index (χ1n) is 7.75. The summed E-state index contributed by atoms with van der Waals surface area (Å²) in [4.78, 5) is 0. The van der Waals surface area contributed by atoms with Crippen LogP contribution < -0.4 is 4.74 Å². The molecule has 0 radical (unpaired) electrons. The maximum Gasteiger partial charge on any atom is 0.128 e. The first kappa shape index (κ1) is 15.3. The molecule has 0 spiro atoms. The minimum absolute atomic E-state index is 0.523. The van der Waals surface area contributed by atoms with Gasteiger partial charge in [0, 0.05) is 12.2 Å². The van der Waals surface area contributed by atoms with Crippen molar-refractivity contribution < 1.29 is 14.6 Å². The molecule has 0 saturated heterocycles. The van der Waals surface area contributed by atoms with E-state index in [0.29, 0.717) is 6.61 Å². The lowest BCUT2D eigenvalue weighted by Gasteiger charge is -2.37. The van der Waals surface area contributed by atoms with Crippen LogP contribution in [-0.4, -0.2) is 23.9 Å². The predicted molar refractivity (Wildman–Crippen MR) is 80.2 cm³/mol. The summed E-state index contributed by atoms with van der Waals surface area (Å²) >= 11 is 0. The number of aliphatic hydroxyl groups excluding tert-OH is 1. The van der Waals surface area contributed by atoms with E-state index in [0.717, 1.165) is 43.6 Å². The number of hydrogen-bond acceptors (Lipinski definition) is 3. The summed E-state index contributed by atoms with van der Waals surface area (Å²) in [5.41, 5.74) is 1.55. The summed E-state index contributed by atoms with van der Waals surface area (Å²) in [6, 6.07) is 6.06. The summed E-state index contributed by atoms with van der Waals surface area (Å²) in [7, 11) is 0. The van der Waals surface area contributed by atoms with Gasteiger partial charge in [-0.3, -0.25) is 0 Å². The Morgan fingerprint density at radius 2 is 2.05 bits per heavy atom. The molecular weight excluding hydrogens is 252 g/mol. The minimum atomic E-state index is -0.648. The van der Waals surface area contributed by atoms with E-state index in [1.165, 1.54) is 5.56 Å². The number of fused-ring (bicyclic) bond motifs is 1. The second-order valence-electron chi connectivity index (χ2n) is 5.39. The van der Waals surface area contributed by atoms with Gasteiger partial charge in [-0.2, -0.15) is 0 Å². The normalized spacial score (nSPS) is 16.4. The smallest absolute Gasteiger partial charge is 0.128 e. The van der Waals surface area contributed by atoms with Gasteiger partial charge in [0.15, 0.2) is 0 Å². The molecule has 0 aromatic heterocycles. The van der Waals surface area contributed by atoms with Gasteiger partial charge in [0.05, 0.1) is 12.2 Å². The van der Waals surface area contributed by atoms with Gasteiger partial charge >= 0.3 is 0 Å². The Hall–Kier alpha value is -1.06. The molecule has 0 bridgehead atoms. The van der Waals surface area contributed by atoms with E-state index in [4.69, 9.17) is 9.47 Å². The van der Waals surface area contributed by atoms with Crippen molar-refractivity contribution in [2.75, 3.05) is 13.2 Å². The molecule has 1 unspecified atom stereocenters. The molecule has 3 nitrogen and oxygen atoms in total. The summed E-state index contributed by atoms with van der Waals surface area (Å²) in [6.07, 6.45) is 2.98. The van der Waals surface area contributed by atoms with E-state index in [1.54, 1.807) is 0 Å². The Morgan fingerprint density at radius 1 is 1.30 bits per heavy atom. The highest BCUT2D eigenvalue weighted by molar-refractivity contribution is 5.44. The molecule has 0 saturated carbocycles. The molecule has 1 heterocycles. The molecule has 1 aliphatic heterocycles. The van der Waals surface area contributed by atoms with Gasteiger partial charge in [0.2, 0.25) is 0 Å². The molecule has 112 valence electrons. The summed E-state index contributed by atoms with van der Waals surface area (Å²) in [5, 5.41) is 10.9. The van der Waals surface area contributed by atoms with E-state index in [-0.39, 0.29) is 0 Å². The van der Waals surface area contributed by atoms with E-state index in [1.807, 2.05) is 19.1 Å². The number of hydrogen-bond donors (Lipinski definition) is 1. The molecule has 1 atom stereocenters. The molecular formula is C17H26O3.